The van der Waals surface area contributed by atoms with Crippen LogP contribution in [0.4, 0.5) is 5.82 Å². The van der Waals surface area contributed by atoms with Crippen LogP contribution >= 0.6 is 15.9 Å². The standard InChI is InChI=1S/C11H14BrN5O2/c1-2-5-6(12)8(18)11(19-5)17-4-16-7-9(13)14-3-15-10(7)17/h3-6,8,11,18H,2H2,1H3,(H2,13,14,15)/t5-,6?,8+,11-/m1/s1. The summed E-state index contributed by atoms with van der Waals surface area (Å²) in [6.45, 7) is 2.01. The maximum absolute atomic E-state index is 10.3. The van der Waals surface area contributed by atoms with E-state index in [0.29, 0.717) is 17.0 Å². The van der Waals surface area contributed by atoms with Gasteiger partial charge in [-0.2, -0.15) is 0 Å². The number of rotatable bonds is 2. The van der Waals surface area contributed by atoms with E-state index in [-0.39, 0.29) is 10.9 Å². The van der Waals surface area contributed by atoms with Crippen molar-refractivity contribution in [2.75, 3.05) is 5.73 Å². The molecule has 2 aromatic heterocycles. The van der Waals surface area contributed by atoms with Gasteiger partial charge in [-0.25, -0.2) is 15.0 Å². The number of halogens is 1. The van der Waals surface area contributed by atoms with Crippen LogP contribution in [-0.4, -0.2) is 41.7 Å². The highest BCUT2D eigenvalue weighted by Crippen LogP contribution is 2.36. The fourth-order valence-corrected chi connectivity index (χ4v) is 3.08. The summed E-state index contributed by atoms with van der Waals surface area (Å²) < 4.78 is 7.55. The van der Waals surface area contributed by atoms with E-state index in [9.17, 15) is 5.11 Å². The molecule has 7 nitrogen and oxygen atoms in total. The van der Waals surface area contributed by atoms with Gasteiger partial charge in [-0.15, -0.1) is 0 Å². The van der Waals surface area contributed by atoms with Gasteiger partial charge >= 0.3 is 0 Å². The van der Waals surface area contributed by atoms with Crippen molar-refractivity contribution in [1.82, 2.24) is 19.5 Å². The fourth-order valence-electron chi connectivity index (χ4n) is 2.32. The first-order chi connectivity index (χ1) is 9.13. The van der Waals surface area contributed by atoms with Gasteiger partial charge in [-0.1, -0.05) is 22.9 Å². The Hall–Kier alpha value is -1.25. The molecule has 1 aliphatic rings. The van der Waals surface area contributed by atoms with Gasteiger partial charge in [0.05, 0.1) is 17.3 Å². The quantitative estimate of drug-likeness (QED) is 0.793. The normalized spacial score (nSPS) is 31.1. The molecule has 3 N–H and O–H groups in total. The highest BCUT2D eigenvalue weighted by molar-refractivity contribution is 9.09. The number of nitrogens with zero attached hydrogens (tertiary/aromatic N) is 4. The topological polar surface area (TPSA) is 99.1 Å². The molecule has 0 bridgehead atoms. The molecule has 0 spiro atoms. The molecule has 3 heterocycles. The molecule has 102 valence electrons. The number of fused-ring (bicyclic) bond motifs is 1. The Morgan fingerprint density at radius 3 is 2.95 bits per heavy atom. The Balaban J connectivity index is 2.04. The van der Waals surface area contributed by atoms with E-state index in [4.69, 9.17) is 10.5 Å². The molecule has 2 aromatic rings. The van der Waals surface area contributed by atoms with Gasteiger partial charge in [0.2, 0.25) is 0 Å². The van der Waals surface area contributed by atoms with E-state index in [1.54, 1.807) is 10.9 Å². The summed E-state index contributed by atoms with van der Waals surface area (Å²) >= 11 is 3.47. The zero-order valence-corrected chi connectivity index (χ0v) is 11.9. The Morgan fingerprint density at radius 1 is 1.47 bits per heavy atom. The Bertz CT molecular complexity index is 604. The summed E-state index contributed by atoms with van der Waals surface area (Å²) in [7, 11) is 0. The first-order valence-corrected chi connectivity index (χ1v) is 6.95. The molecule has 0 aliphatic carbocycles. The van der Waals surface area contributed by atoms with Crippen LogP contribution in [0.15, 0.2) is 12.7 Å². The first-order valence-electron chi connectivity index (χ1n) is 6.04. The van der Waals surface area contributed by atoms with Crippen LogP contribution in [0, 0.1) is 0 Å². The number of aromatic nitrogens is 4. The smallest absolute Gasteiger partial charge is 0.167 e. The summed E-state index contributed by atoms with van der Waals surface area (Å²) in [5.74, 6) is 0.318. The fraction of sp³-hybridized carbons (Fsp3) is 0.545. The molecule has 19 heavy (non-hydrogen) atoms. The number of ether oxygens (including phenoxy) is 1. The Morgan fingerprint density at radius 2 is 2.26 bits per heavy atom. The van der Waals surface area contributed by atoms with Gasteiger partial charge in [0.25, 0.3) is 0 Å². The van der Waals surface area contributed by atoms with Crippen molar-refractivity contribution in [2.45, 2.75) is 36.6 Å². The largest absolute Gasteiger partial charge is 0.387 e. The van der Waals surface area contributed by atoms with Crippen LogP contribution in [0.3, 0.4) is 0 Å². The highest BCUT2D eigenvalue weighted by Gasteiger charge is 2.42. The van der Waals surface area contributed by atoms with Gasteiger partial charge in [0.1, 0.15) is 17.9 Å². The lowest BCUT2D eigenvalue weighted by Crippen LogP contribution is -2.26. The second-order valence-electron chi connectivity index (χ2n) is 4.49. The third kappa shape index (κ3) is 1.90. The minimum absolute atomic E-state index is 0.0448. The summed E-state index contributed by atoms with van der Waals surface area (Å²) in [5, 5.41) is 10.3. The number of aliphatic hydroxyl groups is 1. The first kappa shape index (κ1) is 12.8. The Labute approximate surface area is 117 Å². The van der Waals surface area contributed by atoms with Crippen molar-refractivity contribution < 1.29 is 9.84 Å². The maximum Gasteiger partial charge on any atom is 0.167 e. The zero-order chi connectivity index (χ0) is 13.6. The number of aliphatic hydroxyl groups excluding tert-OH is 1. The third-order valence-corrected chi connectivity index (χ3v) is 4.48. The molecule has 1 fully saturated rings. The summed E-state index contributed by atoms with van der Waals surface area (Å²) in [6, 6.07) is 0. The van der Waals surface area contributed by atoms with Crippen molar-refractivity contribution >= 4 is 32.9 Å². The highest BCUT2D eigenvalue weighted by atomic mass is 79.9. The molecule has 0 saturated carbocycles. The summed E-state index contributed by atoms with van der Waals surface area (Å²) in [5.41, 5.74) is 6.83. The number of nitrogen functional groups attached to an aromatic ring is 1. The van der Waals surface area contributed by atoms with Crippen LogP contribution < -0.4 is 5.73 Å². The summed E-state index contributed by atoms with van der Waals surface area (Å²) in [6.07, 6.45) is 2.53. The van der Waals surface area contributed by atoms with Crippen molar-refractivity contribution in [1.29, 1.82) is 0 Å². The molecule has 1 aliphatic heterocycles. The number of nitrogens with two attached hydrogens (primary N) is 1. The average molecular weight is 328 g/mol. The van der Waals surface area contributed by atoms with E-state index in [1.807, 2.05) is 6.92 Å². The molecule has 4 atom stereocenters. The van der Waals surface area contributed by atoms with E-state index < -0.39 is 12.3 Å². The molecular formula is C11H14BrN5O2. The zero-order valence-electron chi connectivity index (χ0n) is 10.3. The Kier molecular flexibility index (Phi) is 3.15. The SMILES string of the molecule is CC[C@H]1O[C@@H](n2cnc3c(N)ncnc32)[C@@H](O)C1Br. The number of alkyl halides is 1. The lowest BCUT2D eigenvalue weighted by Gasteiger charge is -2.16. The van der Waals surface area contributed by atoms with Crippen LogP contribution in [0.1, 0.15) is 19.6 Å². The molecule has 0 radical (unpaired) electrons. The van der Waals surface area contributed by atoms with Gasteiger partial charge in [-0.05, 0) is 6.42 Å². The molecule has 1 unspecified atom stereocenters. The van der Waals surface area contributed by atoms with Crippen LogP contribution in [-0.2, 0) is 4.74 Å². The third-order valence-electron chi connectivity index (χ3n) is 3.35. The van der Waals surface area contributed by atoms with Crippen molar-refractivity contribution in [3.05, 3.63) is 12.7 Å². The monoisotopic (exact) mass is 327 g/mol. The van der Waals surface area contributed by atoms with Crippen molar-refractivity contribution in [3.63, 3.8) is 0 Å². The average Bonchev–Trinajstić information content (AvgIpc) is 2.94. The minimum Gasteiger partial charge on any atom is -0.387 e. The van der Waals surface area contributed by atoms with Crippen LogP contribution in [0.5, 0.6) is 0 Å². The minimum atomic E-state index is -0.668. The number of imidazole rings is 1. The van der Waals surface area contributed by atoms with Crippen LogP contribution in [0.2, 0.25) is 0 Å². The van der Waals surface area contributed by atoms with Gasteiger partial charge < -0.3 is 15.6 Å². The molecule has 3 rings (SSSR count). The predicted molar refractivity (Wildman–Crippen MR) is 72.7 cm³/mol. The van der Waals surface area contributed by atoms with E-state index in [1.165, 1.54) is 6.33 Å². The van der Waals surface area contributed by atoms with Crippen molar-refractivity contribution in [3.8, 4) is 0 Å². The molecule has 0 amide bonds. The molecule has 0 aromatic carbocycles. The predicted octanol–water partition coefficient (Wildman–Crippen LogP) is 0.840. The van der Waals surface area contributed by atoms with E-state index >= 15 is 0 Å². The lowest BCUT2D eigenvalue weighted by atomic mass is 10.1. The number of hydrogen-bond acceptors (Lipinski definition) is 6. The van der Waals surface area contributed by atoms with E-state index in [0.717, 1.165) is 6.42 Å². The molecule has 8 heteroatoms. The molecule has 1 saturated heterocycles. The second-order valence-corrected chi connectivity index (χ2v) is 5.55. The van der Waals surface area contributed by atoms with Crippen molar-refractivity contribution in [2.24, 2.45) is 0 Å². The van der Waals surface area contributed by atoms with Crippen LogP contribution in [0.25, 0.3) is 11.2 Å². The maximum atomic E-state index is 10.3. The molecular weight excluding hydrogens is 314 g/mol. The summed E-state index contributed by atoms with van der Waals surface area (Å²) in [4.78, 5) is 12.1. The van der Waals surface area contributed by atoms with Gasteiger partial charge in [-0.3, -0.25) is 4.57 Å². The number of hydrogen-bond donors (Lipinski definition) is 2. The van der Waals surface area contributed by atoms with Gasteiger partial charge in [0, 0.05) is 0 Å². The lowest BCUT2D eigenvalue weighted by molar-refractivity contribution is -0.0355. The number of anilines is 1. The second kappa shape index (κ2) is 4.69. The van der Waals surface area contributed by atoms with Gasteiger partial charge in [0.15, 0.2) is 17.7 Å². The van der Waals surface area contributed by atoms with E-state index in [2.05, 4.69) is 30.9 Å².